The first-order chi connectivity index (χ1) is 28.5. The summed E-state index contributed by atoms with van der Waals surface area (Å²) in [7, 11) is 0. The SMILES string of the molecule is CC(C)Cc1cc(OCc2cc(OCc3ccccc3)cc(OCc3ccccc3)c2)cc(OCc2cc(OCc3ccccc3)cc(OCc3ccccc3)c2)c1. The van der Waals surface area contributed by atoms with Crippen LogP contribution in [0, 0.1) is 5.92 Å². The molecule has 0 fully saturated rings. The van der Waals surface area contributed by atoms with Crippen molar-refractivity contribution < 1.29 is 28.4 Å². The molecule has 0 unspecified atom stereocenters. The molecule has 294 valence electrons. The lowest BCUT2D eigenvalue weighted by Crippen LogP contribution is -2.03. The van der Waals surface area contributed by atoms with Crippen LogP contribution in [0.1, 0.15) is 52.8 Å². The van der Waals surface area contributed by atoms with Crippen LogP contribution in [-0.2, 0) is 46.1 Å². The van der Waals surface area contributed by atoms with Crippen molar-refractivity contribution in [3.8, 4) is 34.5 Å². The molecule has 0 aliphatic heterocycles. The predicted octanol–water partition coefficient (Wildman–Crippen LogP) is 12.4. The van der Waals surface area contributed by atoms with Gasteiger partial charge in [-0.25, -0.2) is 0 Å². The van der Waals surface area contributed by atoms with Crippen molar-refractivity contribution in [1.82, 2.24) is 0 Å². The van der Waals surface area contributed by atoms with Crippen LogP contribution in [0.25, 0.3) is 0 Å². The molecule has 7 rings (SSSR count). The van der Waals surface area contributed by atoms with E-state index in [0.717, 1.165) is 56.9 Å². The predicted molar refractivity (Wildman–Crippen MR) is 230 cm³/mol. The highest BCUT2D eigenvalue weighted by atomic mass is 16.5. The average molecular weight is 771 g/mol. The van der Waals surface area contributed by atoms with E-state index in [4.69, 9.17) is 28.4 Å². The fourth-order valence-corrected chi connectivity index (χ4v) is 6.44. The fraction of sp³-hybridized carbons (Fsp3) is 0.192. The molecule has 6 nitrogen and oxygen atoms in total. The Balaban J connectivity index is 1.07. The van der Waals surface area contributed by atoms with Gasteiger partial charge in [-0.1, -0.05) is 135 Å². The second-order valence-corrected chi connectivity index (χ2v) is 14.7. The number of ether oxygens (including phenoxy) is 6. The molecule has 0 bridgehead atoms. The number of benzene rings is 7. The zero-order valence-corrected chi connectivity index (χ0v) is 33.2. The Morgan fingerprint density at radius 3 is 0.741 bits per heavy atom. The van der Waals surface area contributed by atoms with E-state index >= 15 is 0 Å². The zero-order chi connectivity index (χ0) is 39.8. The van der Waals surface area contributed by atoms with E-state index in [-0.39, 0.29) is 0 Å². The van der Waals surface area contributed by atoms with Gasteiger partial charge in [-0.3, -0.25) is 0 Å². The lowest BCUT2D eigenvalue weighted by molar-refractivity contribution is 0.275. The van der Waals surface area contributed by atoms with Gasteiger partial charge in [-0.2, -0.15) is 0 Å². The van der Waals surface area contributed by atoms with Gasteiger partial charge in [0.25, 0.3) is 0 Å². The maximum atomic E-state index is 6.50. The summed E-state index contributed by atoms with van der Waals surface area (Å²) in [6, 6.07) is 58.6. The van der Waals surface area contributed by atoms with E-state index in [9.17, 15) is 0 Å². The highest BCUT2D eigenvalue weighted by Crippen LogP contribution is 2.31. The first-order valence-corrected chi connectivity index (χ1v) is 19.8. The largest absolute Gasteiger partial charge is 0.489 e. The summed E-state index contributed by atoms with van der Waals surface area (Å²) in [5.41, 5.74) is 7.36. The Labute approximate surface area is 342 Å². The molecule has 0 N–H and O–H groups in total. The molecule has 0 aromatic heterocycles. The van der Waals surface area contributed by atoms with E-state index in [1.165, 1.54) is 0 Å². The molecule has 0 radical (unpaired) electrons. The monoisotopic (exact) mass is 770 g/mol. The third-order valence-electron chi connectivity index (χ3n) is 9.27. The van der Waals surface area contributed by atoms with Gasteiger partial charge in [-0.05, 0) is 87.7 Å². The van der Waals surface area contributed by atoms with Gasteiger partial charge in [0.1, 0.15) is 74.1 Å². The van der Waals surface area contributed by atoms with Crippen molar-refractivity contribution in [3.63, 3.8) is 0 Å². The molecule has 6 heteroatoms. The van der Waals surface area contributed by atoms with Crippen molar-refractivity contribution in [2.75, 3.05) is 0 Å². The second kappa shape index (κ2) is 20.5. The molecule has 0 amide bonds. The molecule has 0 aliphatic carbocycles. The van der Waals surface area contributed by atoms with E-state index < -0.39 is 0 Å². The van der Waals surface area contributed by atoms with Crippen molar-refractivity contribution in [2.24, 2.45) is 5.92 Å². The topological polar surface area (TPSA) is 55.4 Å². The van der Waals surface area contributed by atoms with Crippen LogP contribution in [0.2, 0.25) is 0 Å². The van der Waals surface area contributed by atoms with Gasteiger partial charge >= 0.3 is 0 Å². The quantitative estimate of drug-likeness (QED) is 0.0769. The average Bonchev–Trinajstić information content (AvgIpc) is 3.26. The highest BCUT2D eigenvalue weighted by molar-refractivity contribution is 5.42. The van der Waals surface area contributed by atoms with Gasteiger partial charge in [0.15, 0.2) is 0 Å². The van der Waals surface area contributed by atoms with Crippen molar-refractivity contribution in [3.05, 3.63) is 215 Å². The van der Waals surface area contributed by atoms with Crippen LogP contribution >= 0.6 is 0 Å². The molecular formula is C52H50O6. The molecule has 0 spiro atoms. The summed E-state index contributed by atoms with van der Waals surface area (Å²) in [5.74, 6) is 4.76. The van der Waals surface area contributed by atoms with Gasteiger partial charge in [0.05, 0.1) is 0 Å². The molecular weight excluding hydrogens is 721 g/mol. The smallest absolute Gasteiger partial charge is 0.123 e. The van der Waals surface area contributed by atoms with Crippen LogP contribution in [0.4, 0.5) is 0 Å². The van der Waals surface area contributed by atoms with Crippen LogP contribution < -0.4 is 28.4 Å². The third kappa shape index (κ3) is 12.7. The first kappa shape index (κ1) is 39.6. The van der Waals surface area contributed by atoms with Crippen LogP contribution in [0.3, 0.4) is 0 Å². The Morgan fingerprint density at radius 2 is 0.500 bits per heavy atom. The minimum atomic E-state index is 0.317. The van der Waals surface area contributed by atoms with E-state index in [2.05, 4.69) is 74.5 Å². The standard InChI is InChI=1S/C52H50O6/c1-39(2)23-44-24-47(57-37-45-26-49(53-33-40-15-7-3-8-16-40)31-50(27-45)54-34-41-17-9-4-10-18-41)30-48(25-44)58-38-46-28-51(55-35-42-19-11-5-12-20-42)32-52(29-46)56-36-43-21-13-6-14-22-43/h3-22,24-32,39H,23,33-38H2,1-2H3. The van der Waals surface area contributed by atoms with Gasteiger partial charge in [0, 0.05) is 18.2 Å². The van der Waals surface area contributed by atoms with Crippen LogP contribution in [0.5, 0.6) is 34.5 Å². The molecule has 0 heterocycles. The summed E-state index contributed by atoms with van der Waals surface area (Å²) in [6.45, 7) is 6.85. The normalized spacial score (nSPS) is 10.9. The lowest BCUT2D eigenvalue weighted by Gasteiger charge is -2.16. The fourth-order valence-electron chi connectivity index (χ4n) is 6.44. The molecule has 58 heavy (non-hydrogen) atoms. The number of hydrogen-bond donors (Lipinski definition) is 0. The minimum absolute atomic E-state index is 0.317. The highest BCUT2D eigenvalue weighted by Gasteiger charge is 2.11. The minimum Gasteiger partial charge on any atom is -0.489 e. The van der Waals surface area contributed by atoms with E-state index in [0.29, 0.717) is 68.6 Å². The van der Waals surface area contributed by atoms with Crippen LogP contribution in [0.15, 0.2) is 176 Å². The van der Waals surface area contributed by atoms with Gasteiger partial charge in [0.2, 0.25) is 0 Å². The van der Waals surface area contributed by atoms with Crippen LogP contribution in [-0.4, -0.2) is 0 Å². The number of hydrogen-bond acceptors (Lipinski definition) is 6. The maximum absolute atomic E-state index is 6.50. The first-order valence-electron chi connectivity index (χ1n) is 19.8. The molecule has 0 aliphatic rings. The summed E-state index contributed by atoms with van der Waals surface area (Å²) < 4.78 is 38.0. The Hall–Kier alpha value is -6.66. The molecule has 7 aromatic carbocycles. The lowest BCUT2D eigenvalue weighted by atomic mass is 10.0. The summed E-state index contributed by atoms with van der Waals surface area (Å²) in [5, 5.41) is 0. The Bertz CT molecular complexity index is 2010. The van der Waals surface area contributed by atoms with Gasteiger partial charge < -0.3 is 28.4 Å². The second-order valence-electron chi connectivity index (χ2n) is 14.7. The van der Waals surface area contributed by atoms with Crippen molar-refractivity contribution >= 4 is 0 Å². The summed E-state index contributed by atoms with van der Waals surface area (Å²) in [6.07, 6.45) is 0.883. The zero-order valence-electron chi connectivity index (χ0n) is 33.2. The number of rotatable bonds is 20. The van der Waals surface area contributed by atoms with Crippen molar-refractivity contribution in [2.45, 2.75) is 59.9 Å². The Kier molecular flexibility index (Phi) is 14.0. The molecule has 7 aromatic rings. The Morgan fingerprint density at radius 1 is 0.276 bits per heavy atom. The van der Waals surface area contributed by atoms with E-state index in [1.807, 2.05) is 115 Å². The van der Waals surface area contributed by atoms with Gasteiger partial charge in [-0.15, -0.1) is 0 Å². The molecule has 0 saturated heterocycles. The van der Waals surface area contributed by atoms with E-state index in [1.54, 1.807) is 0 Å². The third-order valence-corrected chi connectivity index (χ3v) is 9.27. The molecule has 0 atom stereocenters. The summed E-state index contributed by atoms with van der Waals surface area (Å²) in [4.78, 5) is 0. The molecule has 0 saturated carbocycles. The maximum Gasteiger partial charge on any atom is 0.123 e. The summed E-state index contributed by atoms with van der Waals surface area (Å²) >= 11 is 0. The van der Waals surface area contributed by atoms with Crippen molar-refractivity contribution in [1.29, 1.82) is 0 Å².